The Kier molecular flexibility index (Phi) is 6.58. The first-order chi connectivity index (χ1) is 15.4. The largest absolute Gasteiger partial charge is 0.337 e. The van der Waals surface area contributed by atoms with Gasteiger partial charge in [0.25, 0.3) is 10.0 Å². The van der Waals surface area contributed by atoms with Crippen LogP contribution >= 0.6 is 11.6 Å². The summed E-state index contributed by atoms with van der Waals surface area (Å²) in [7, 11) is -3.88. The lowest BCUT2D eigenvalue weighted by Crippen LogP contribution is -2.16. The number of nitrogens with zero attached hydrogens (tertiary/aromatic N) is 2. The summed E-state index contributed by atoms with van der Waals surface area (Å²) in [6.45, 7) is 2.17. The molecule has 0 bridgehead atoms. The Balaban J connectivity index is 1.68. The molecule has 8 heteroatoms. The van der Waals surface area contributed by atoms with Crippen LogP contribution in [0.5, 0.6) is 0 Å². The molecule has 6 nitrogen and oxygen atoms in total. The van der Waals surface area contributed by atoms with E-state index in [4.69, 9.17) is 11.6 Å². The molecule has 0 atom stereocenters. The van der Waals surface area contributed by atoms with E-state index < -0.39 is 10.0 Å². The lowest BCUT2D eigenvalue weighted by atomic mass is 10.1. The lowest BCUT2D eigenvalue weighted by Gasteiger charge is -2.14. The molecule has 0 aliphatic heterocycles. The Morgan fingerprint density at radius 3 is 2.09 bits per heavy atom. The van der Waals surface area contributed by atoms with Crippen molar-refractivity contribution in [2.45, 2.75) is 31.1 Å². The maximum Gasteiger partial charge on any atom is 0.263 e. The minimum Gasteiger partial charge on any atom is -0.337 e. The van der Waals surface area contributed by atoms with Crippen molar-refractivity contribution in [3.05, 3.63) is 83.4 Å². The second kappa shape index (κ2) is 9.54. The van der Waals surface area contributed by atoms with Crippen LogP contribution in [0.1, 0.15) is 25.3 Å². The molecule has 0 amide bonds. The maximum atomic E-state index is 12.9. The third kappa shape index (κ3) is 5.18. The van der Waals surface area contributed by atoms with Crippen LogP contribution in [-0.2, 0) is 16.4 Å². The van der Waals surface area contributed by atoms with Gasteiger partial charge in [-0.1, -0.05) is 49.2 Å². The summed E-state index contributed by atoms with van der Waals surface area (Å²) in [6.07, 6.45) is 3.31. The van der Waals surface area contributed by atoms with E-state index in [0.717, 1.165) is 24.9 Å². The van der Waals surface area contributed by atoms with Crippen LogP contribution in [0.25, 0.3) is 11.0 Å². The number of fused-ring (bicyclic) bond motifs is 1. The number of aromatic nitrogens is 2. The zero-order chi connectivity index (χ0) is 22.6. The molecule has 0 aliphatic carbocycles. The fourth-order valence-corrected chi connectivity index (χ4v) is 4.37. The summed E-state index contributed by atoms with van der Waals surface area (Å²) in [6, 6.07) is 21.3. The SMILES string of the molecule is CCCCc1ccc(Nc2nc3ccccc3nc2NS(=O)(=O)c2ccc(Cl)cc2)cc1. The van der Waals surface area contributed by atoms with Crippen molar-refractivity contribution < 1.29 is 8.42 Å². The minimum atomic E-state index is -3.88. The molecule has 3 aromatic carbocycles. The molecule has 4 aromatic rings. The van der Waals surface area contributed by atoms with Gasteiger partial charge in [0.1, 0.15) is 0 Å². The second-order valence-corrected chi connectivity index (χ2v) is 9.51. The quantitative estimate of drug-likeness (QED) is 0.324. The van der Waals surface area contributed by atoms with Crippen molar-refractivity contribution in [3.8, 4) is 0 Å². The van der Waals surface area contributed by atoms with E-state index >= 15 is 0 Å². The third-order valence-corrected chi connectivity index (χ3v) is 6.57. The molecular weight excluding hydrogens is 444 g/mol. The molecule has 0 aliphatic rings. The number of aryl methyl sites for hydroxylation is 1. The van der Waals surface area contributed by atoms with Gasteiger partial charge in [-0.15, -0.1) is 0 Å². The van der Waals surface area contributed by atoms with E-state index in [1.54, 1.807) is 6.07 Å². The first-order valence-electron chi connectivity index (χ1n) is 10.4. The predicted molar refractivity (Wildman–Crippen MR) is 130 cm³/mol. The highest BCUT2D eigenvalue weighted by atomic mass is 35.5. The lowest BCUT2D eigenvalue weighted by molar-refractivity contribution is 0.601. The van der Waals surface area contributed by atoms with Crippen molar-refractivity contribution >= 4 is 50.0 Å². The van der Waals surface area contributed by atoms with E-state index in [9.17, 15) is 8.42 Å². The van der Waals surface area contributed by atoms with Gasteiger partial charge in [0.2, 0.25) is 0 Å². The van der Waals surface area contributed by atoms with Gasteiger partial charge in [-0.3, -0.25) is 4.72 Å². The van der Waals surface area contributed by atoms with Gasteiger partial charge in [-0.25, -0.2) is 18.4 Å². The normalized spacial score (nSPS) is 11.4. The summed E-state index contributed by atoms with van der Waals surface area (Å²) >= 11 is 5.89. The van der Waals surface area contributed by atoms with Gasteiger partial charge in [0.15, 0.2) is 11.6 Å². The van der Waals surface area contributed by atoms with Crippen molar-refractivity contribution in [1.29, 1.82) is 0 Å². The Labute approximate surface area is 192 Å². The average molecular weight is 467 g/mol. The topological polar surface area (TPSA) is 84.0 Å². The van der Waals surface area contributed by atoms with E-state index in [-0.39, 0.29) is 10.7 Å². The van der Waals surface area contributed by atoms with Crippen LogP contribution in [0.4, 0.5) is 17.3 Å². The molecule has 0 saturated heterocycles. The summed E-state index contributed by atoms with van der Waals surface area (Å²) in [5.41, 5.74) is 3.29. The van der Waals surface area contributed by atoms with Gasteiger partial charge in [0, 0.05) is 10.7 Å². The zero-order valence-corrected chi connectivity index (χ0v) is 19.1. The number of hydrogen-bond donors (Lipinski definition) is 2. The highest BCUT2D eigenvalue weighted by Gasteiger charge is 2.19. The standard InChI is InChI=1S/C24H23ClN4O2S/c1-2-3-6-17-9-13-19(14-10-17)26-23-24(28-22-8-5-4-7-21(22)27-23)29-32(30,31)20-15-11-18(25)12-16-20/h4-5,7-16H,2-3,6H2,1H3,(H,26,27)(H,28,29). The Bertz CT molecular complexity index is 1320. The summed E-state index contributed by atoms with van der Waals surface area (Å²) in [4.78, 5) is 9.22. The molecule has 1 heterocycles. The first kappa shape index (κ1) is 22.0. The molecule has 0 radical (unpaired) electrons. The third-order valence-electron chi connectivity index (χ3n) is 4.96. The van der Waals surface area contributed by atoms with Crippen LogP contribution in [0.3, 0.4) is 0 Å². The van der Waals surface area contributed by atoms with Crippen LogP contribution in [0, 0.1) is 0 Å². The zero-order valence-electron chi connectivity index (χ0n) is 17.5. The number of para-hydroxylation sites is 2. The number of nitrogens with one attached hydrogen (secondary N) is 2. The minimum absolute atomic E-state index is 0.0862. The molecule has 0 saturated carbocycles. The van der Waals surface area contributed by atoms with Gasteiger partial charge >= 0.3 is 0 Å². The smallest absolute Gasteiger partial charge is 0.263 e. The van der Waals surface area contributed by atoms with Crippen molar-refractivity contribution in [1.82, 2.24) is 9.97 Å². The van der Waals surface area contributed by atoms with Gasteiger partial charge < -0.3 is 5.32 Å². The van der Waals surface area contributed by atoms with Crippen LogP contribution in [0.2, 0.25) is 5.02 Å². The van der Waals surface area contributed by atoms with E-state index in [1.165, 1.54) is 29.8 Å². The number of benzene rings is 3. The van der Waals surface area contributed by atoms with Crippen molar-refractivity contribution in [3.63, 3.8) is 0 Å². The molecule has 0 fully saturated rings. The number of anilines is 3. The van der Waals surface area contributed by atoms with Crippen molar-refractivity contribution in [2.24, 2.45) is 0 Å². The van der Waals surface area contributed by atoms with E-state index in [1.807, 2.05) is 30.3 Å². The molecule has 1 aromatic heterocycles. The predicted octanol–water partition coefficient (Wildman–Crippen LogP) is 6.17. The highest BCUT2D eigenvalue weighted by Crippen LogP contribution is 2.27. The highest BCUT2D eigenvalue weighted by molar-refractivity contribution is 7.92. The summed E-state index contributed by atoms with van der Waals surface area (Å²) in [5.74, 6) is 0.441. The monoisotopic (exact) mass is 466 g/mol. The van der Waals surface area contributed by atoms with E-state index in [0.29, 0.717) is 21.9 Å². The summed E-state index contributed by atoms with van der Waals surface area (Å²) < 4.78 is 28.5. The number of halogens is 1. The fourth-order valence-electron chi connectivity index (χ4n) is 3.23. The molecule has 2 N–H and O–H groups in total. The molecular formula is C24H23ClN4O2S. The number of hydrogen-bond acceptors (Lipinski definition) is 5. The number of sulfonamides is 1. The Morgan fingerprint density at radius 1 is 0.844 bits per heavy atom. The van der Waals surface area contributed by atoms with Gasteiger partial charge in [-0.05, 0) is 66.9 Å². The Hall–Kier alpha value is -3.16. The molecule has 164 valence electrons. The fraction of sp³-hybridized carbons (Fsp3) is 0.167. The molecule has 32 heavy (non-hydrogen) atoms. The van der Waals surface area contributed by atoms with E-state index in [2.05, 4.69) is 39.1 Å². The molecule has 0 spiro atoms. The maximum absolute atomic E-state index is 12.9. The average Bonchev–Trinajstić information content (AvgIpc) is 2.79. The number of unbranched alkanes of at least 4 members (excludes halogenated alkanes) is 1. The van der Waals surface area contributed by atoms with Gasteiger partial charge in [-0.2, -0.15) is 0 Å². The van der Waals surface area contributed by atoms with Crippen LogP contribution in [-0.4, -0.2) is 18.4 Å². The first-order valence-corrected chi connectivity index (χ1v) is 12.2. The van der Waals surface area contributed by atoms with Gasteiger partial charge in [0.05, 0.1) is 15.9 Å². The summed E-state index contributed by atoms with van der Waals surface area (Å²) in [5, 5.41) is 3.67. The van der Waals surface area contributed by atoms with Crippen LogP contribution < -0.4 is 10.0 Å². The second-order valence-electron chi connectivity index (χ2n) is 7.39. The molecule has 0 unspecified atom stereocenters. The van der Waals surface area contributed by atoms with Crippen molar-refractivity contribution in [2.75, 3.05) is 10.0 Å². The van der Waals surface area contributed by atoms with Crippen LogP contribution in [0.15, 0.2) is 77.7 Å². The Morgan fingerprint density at radius 2 is 1.47 bits per heavy atom. The molecule has 4 rings (SSSR count). The number of rotatable bonds is 8.